The van der Waals surface area contributed by atoms with Gasteiger partial charge in [0.2, 0.25) is 5.91 Å². The van der Waals surface area contributed by atoms with Gasteiger partial charge < -0.3 is 36.6 Å². The Morgan fingerprint density at radius 2 is 1.56 bits per heavy atom. The van der Waals surface area contributed by atoms with E-state index in [0.717, 1.165) is 32.1 Å². The van der Waals surface area contributed by atoms with E-state index in [-0.39, 0.29) is 18.9 Å². The molecule has 0 bridgehead atoms. The Labute approximate surface area is 224 Å². The molecule has 2 fully saturated rings. The maximum absolute atomic E-state index is 13.1. The molecule has 0 saturated heterocycles. The number of carbonyl (C=O) groups is 5. The number of alkyl halides is 3. The van der Waals surface area contributed by atoms with E-state index in [4.69, 9.17) is 20.4 Å². The lowest BCUT2D eigenvalue weighted by Gasteiger charge is -2.28. The van der Waals surface area contributed by atoms with E-state index in [2.05, 4.69) is 16.0 Å². The van der Waals surface area contributed by atoms with Gasteiger partial charge in [-0.3, -0.25) is 4.79 Å². The van der Waals surface area contributed by atoms with Crippen LogP contribution in [0.1, 0.15) is 77.6 Å². The van der Waals surface area contributed by atoms with Crippen molar-refractivity contribution < 1.29 is 52.1 Å². The fraction of sp³-hybridized carbons (Fsp3) is 0.792. The first-order chi connectivity index (χ1) is 18.3. The summed E-state index contributed by atoms with van der Waals surface area (Å²) in [4.78, 5) is 58.3. The Hall–Kier alpha value is -3.10. The molecule has 2 saturated carbocycles. The number of rotatable bonds is 13. The van der Waals surface area contributed by atoms with Crippen molar-refractivity contribution in [3.05, 3.63) is 0 Å². The summed E-state index contributed by atoms with van der Waals surface area (Å²) in [6, 6.07) is -2.63. The number of carboxylic acids is 2. The van der Waals surface area contributed by atoms with Crippen LogP contribution in [0.2, 0.25) is 0 Å². The van der Waals surface area contributed by atoms with E-state index < -0.39 is 53.6 Å². The molecule has 0 aromatic rings. The zero-order valence-electron chi connectivity index (χ0n) is 22.0. The molecule has 0 heterocycles. The number of aliphatic carboxylic acids is 2. The van der Waals surface area contributed by atoms with Gasteiger partial charge >= 0.3 is 30.1 Å². The zero-order valence-corrected chi connectivity index (χ0v) is 22.0. The third-order valence-corrected chi connectivity index (χ3v) is 6.49. The smallest absolute Gasteiger partial charge is 0.480 e. The van der Waals surface area contributed by atoms with Gasteiger partial charge in [-0.25, -0.2) is 19.2 Å². The van der Waals surface area contributed by atoms with Gasteiger partial charge in [-0.05, 0) is 57.9 Å². The fourth-order valence-corrected chi connectivity index (χ4v) is 4.19. The Kier molecular flexibility index (Phi) is 14.0. The van der Waals surface area contributed by atoms with Crippen LogP contribution in [-0.2, 0) is 23.9 Å². The number of nitrogens with one attached hydrogen (secondary N) is 3. The van der Waals surface area contributed by atoms with Crippen molar-refractivity contribution in [3.63, 3.8) is 0 Å². The molecule has 0 spiro atoms. The molecule has 0 aromatic carbocycles. The summed E-state index contributed by atoms with van der Waals surface area (Å²) < 4.78 is 36.8. The highest BCUT2D eigenvalue weighted by Crippen LogP contribution is 2.37. The molecule has 0 radical (unpaired) electrons. The highest BCUT2D eigenvalue weighted by molar-refractivity contribution is 5.94. The molecule has 2 aliphatic carbocycles. The standard InChI is InChI=1S/C22H38N4O6.C2HF3O2/c1-2-32-20(30)22(11-12-22)26-18(27)17(14-15-8-4-3-5-9-15)25-21(31)24-16(19(28)29)10-6-7-13-23;3-2(4,5)1(6)7/h15-17H,2-14,23H2,1H3,(H,26,27)(H,28,29)(H2,24,25,31);(H,6,7)/t16-,17+;/m0./s1. The summed E-state index contributed by atoms with van der Waals surface area (Å²) in [7, 11) is 0. The number of amides is 3. The minimum absolute atomic E-state index is 0.226. The van der Waals surface area contributed by atoms with E-state index >= 15 is 0 Å². The first-order valence-electron chi connectivity index (χ1n) is 13.0. The second-order valence-corrected chi connectivity index (χ2v) is 9.68. The summed E-state index contributed by atoms with van der Waals surface area (Å²) >= 11 is 0. The highest BCUT2D eigenvalue weighted by Gasteiger charge is 2.53. The molecule has 2 aliphatic rings. The number of hydrogen-bond donors (Lipinski definition) is 6. The number of unbranched alkanes of at least 4 members (excludes halogenated alkanes) is 1. The van der Waals surface area contributed by atoms with Crippen molar-refractivity contribution >= 4 is 29.8 Å². The molecular formula is C24H39F3N4O8. The number of halogens is 3. The van der Waals surface area contributed by atoms with Crippen LogP contribution in [0.4, 0.5) is 18.0 Å². The second kappa shape index (κ2) is 16.1. The van der Waals surface area contributed by atoms with Gasteiger partial charge in [-0.2, -0.15) is 13.2 Å². The van der Waals surface area contributed by atoms with E-state index in [1.807, 2.05) is 0 Å². The number of esters is 1. The molecule has 224 valence electrons. The predicted octanol–water partition coefficient (Wildman–Crippen LogP) is 2.05. The Morgan fingerprint density at radius 1 is 1.00 bits per heavy atom. The molecule has 15 heteroatoms. The molecule has 0 unspecified atom stereocenters. The molecule has 3 amide bonds. The normalized spacial score (nSPS) is 17.9. The average Bonchev–Trinajstić information content (AvgIpc) is 3.64. The summed E-state index contributed by atoms with van der Waals surface area (Å²) in [5, 5.41) is 24.4. The second-order valence-electron chi connectivity index (χ2n) is 9.68. The molecule has 12 nitrogen and oxygen atoms in total. The third kappa shape index (κ3) is 12.5. The highest BCUT2D eigenvalue weighted by atomic mass is 19.4. The first-order valence-corrected chi connectivity index (χ1v) is 13.0. The van der Waals surface area contributed by atoms with E-state index in [1.165, 1.54) is 0 Å². The lowest BCUT2D eigenvalue weighted by molar-refractivity contribution is -0.192. The Balaban J connectivity index is 0.000000956. The summed E-state index contributed by atoms with van der Waals surface area (Å²) in [6.45, 7) is 2.38. The fourth-order valence-electron chi connectivity index (χ4n) is 4.19. The van der Waals surface area contributed by atoms with Gasteiger partial charge in [0.1, 0.15) is 17.6 Å². The van der Waals surface area contributed by atoms with E-state index in [1.54, 1.807) is 6.92 Å². The van der Waals surface area contributed by atoms with Crippen LogP contribution in [0.5, 0.6) is 0 Å². The van der Waals surface area contributed by atoms with Gasteiger partial charge in [0.05, 0.1) is 6.61 Å². The van der Waals surface area contributed by atoms with Crippen LogP contribution in [0, 0.1) is 5.92 Å². The van der Waals surface area contributed by atoms with Gasteiger partial charge in [-0.15, -0.1) is 0 Å². The van der Waals surface area contributed by atoms with E-state index in [9.17, 15) is 37.5 Å². The van der Waals surface area contributed by atoms with Gasteiger partial charge in [0.15, 0.2) is 0 Å². The maximum atomic E-state index is 13.1. The lowest BCUT2D eigenvalue weighted by Crippen LogP contribution is -2.56. The van der Waals surface area contributed by atoms with E-state index in [0.29, 0.717) is 38.6 Å². The van der Waals surface area contributed by atoms with Crippen LogP contribution in [0.3, 0.4) is 0 Å². The van der Waals surface area contributed by atoms with Crippen LogP contribution in [0.15, 0.2) is 0 Å². The molecule has 0 aliphatic heterocycles. The molecule has 7 N–H and O–H groups in total. The minimum Gasteiger partial charge on any atom is -0.480 e. The van der Waals surface area contributed by atoms with Gasteiger partial charge in [-0.1, -0.05) is 32.1 Å². The van der Waals surface area contributed by atoms with Crippen molar-refractivity contribution in [2.45, 2.75) is 101 Å². The topological polar surface area (TPSA) is 197 Å². The van der Waals surface area contributed by atoms with Crippen LogP contribution >= 0.6 is 0 Å². The third-order valence-electron chi connectivity index (χ3n) is 6.49. The largest absolute Gasteiger partial charge is 0.490 e. The van der Waals surface area contributed by atoms with Crippen molar-refractivity contribution in [1.29, 1.82) is 0 Å². The molecular weight excluding hydrogens is 529 g/mol. The number of nitrogens with two attached hydrogens (primary N) is 1. The predicted molar refractivity (Wildman–Crippen MR) is 131 cm³/mol. The van der Waals surface area contributed by atoms with Crippen molar-refractivity contribution in [3.8, 4) is 0 Å². The number of carbonyl (C=O) groups excluding carboxylic acids is 3. The molecule has 2 atom stereocenters. The van der Waals surface area contributed by atoms with Crippen molar-refractivity contribution in [2.75, 3.05) is 13.2 Å². The number of carboxylic acid groups (broad SMARTS) is 2. The Morgan fingerprint density at radius 3 is 2.03 bits per heavy atom. The van der Waals surface area contributed by atoms with Crippen LogP contribution in [0.25, 0.3) is 0 Å². The van der Waals surface area contributed by atoms with Gasteiger partial charge in [0.25, 0.3) is 0 Å². The SMILES string of the molecule is CCOC(=O)C1(NC(=O)[C@@H](CC2CCCCC2)NC(=O)N[C@@H](CCCCN)C(=O)O)CC1.O=C(O)C(F)(F)F. The monoisotopic (exact) mass is 568 g/mol. The zero-order chi connectivity index (χ0) is 29.6. The van der Waals surface area contributed by atoms with Gasteiger partial charge in [0, 0.05) is 0 Å². The quantitative estimate of drug-likeness (QED) is 0.142. The summed E-state index contributed by atoms with van der Waals surface area (Å²) in [5.41, 5.74) is 4.44. The van der Waals surface area contributed by atoms with Crippen molar-refractivity contribution in [2.24, 2.45) is 11.7 Å². The lowest BCUT2D eigenvalue weighted by atomic mass is 9.84. The first kappa shape index (κ1) is 33.9. The van der Waals surface area contributed by atoms with Crippen molar-refractivity contribution in [1.82, 2.24) is 16.0 Å². The molecule has 0 aromatic heterocycles. The number of ether oxygens (including phenoxy) is 1. The minimum atomic E-state index is -5.08. The summed E-state index contributed by atoms with van der Waals surface area (Å²) in [5.74, 6) is -4.50. The van der Waals surface area contributed by atoms with Crippen LogP contribution in [-0.4, -0.2) is 77.0 Å². The average molecular weight is 569 g/mol. The number of urea groups is 1. The molecule has 39 heavy (non-hydrogen) atoms. The number of hydrogen-bond acceptors (Lipinski definition) is 7. The maximum Gasteiger partial charge on any atom is 0.490 e. The van der Waals surface area contributed by atoms with Crippen LogP contribution < -0.4 is 21.7 Å². The Bertz CT molecular complexity index is 846. The molecule has 2 rings (SSSR count). The summed E-state index contributed by atoms with van der Waals surface area (Å²) in [6.07, 6.45) is 3.15.